The first-order chi connectivity index (χ1) is 13.8. The first-order valence-corrected chi connectivity index (χ1v) is 9.18. The zero-order chi connectivity index (χ0) is 21.1. The number of β-lactam (4-membered cyclic amide) rings is 1. The summed E-state index contributed by atoms with van der Waals surface area (Å²) in [5.41, 5.74) is 4.68. The zero-order valence-electron chi connectivity index (χ0n) is 15.0. The first-order valence-electron chi connectivity index (χ1n) is 8.13. The van der Waals surface area contributed by atoms with E-state index in [1.807, 2.05) is 0 Å². The number of carboxylic acids is 1. The Labute approximate surface area is 185 Å². The van der Waals surface area contributed by atoms with Crippen LogP contribution in [0.3, 0.4) is 0 Å². The van der Waals surface area contributed by atoms with E-state index in [0.717, 1.165) is 4.90 Å². The summed E-state index contributed by atoms with van der Waals surface area (Å²) in [6.45, 7) is -0.347. The Balaban J connectivity index is 0.00000320. The molecule has 4 N–H and O–H groups in total. The van der Waals surface area contributed by atoms with Gasteiger partial charge >= 0.3 is 30.9 Å². The third-order valence-corrected chi connectivity index (χ3v) is 5.42. The monoisotopic (exact) mass is 432 g/mol. The number of amides is 3. The molecule has 0 saturated carbocycles. The predicted molar refractivity (Wildman–Crippen MR) is 105 cm³/mol. The predicted octanol–water partition coefficient (Wildman–Crippen LogP) is -1.18. The summed E-state index contributed by atoms with van der Waals surface area (Å²) in [6.07, 6.45) is 0.290. The average Bonchev–Trinajstić information content (AvgIpc) is 3.21. The number of oxime groups is 1. The second-order valence-electron chi connectivity index (χ2n) is 5.83. The van der Waals surface area contributed by atoms with Gasteiger partial charge < -0.3 is 30.1 Å². The Hall–Kier alpha value is -2.88. The van der Waals surface area contributed by atoms with Crippen LogP contribution in [-0.4, -0.2) is 89.3 Å². The van der Waals surface area contributed by atoms with E-state index >= 15 is 0 Å². The number of nitrogens with two attached hydrogens (primary N) is 1. The van der Waals surface area contributed by atoms with Crippen LogP contribution in [0.4, 0.5) is 4.79 Å². The van der Waals surface area contributed by atoms with Crippen molar-refractivity contribution in [3.8, 4) is 0 Å². The van der Waals surface area contributed by atoms with Crippen LogP contribution in [0.5, 0.6) is 0 Å². The van der Waals surface area contributed by atoms with Gasteiger partial charge in [-0.2, -0.15) is 0 Å². The van der Waals surface area contributed by atoms with Gasteiger partial charge in [-0.05, 0) is 12.1 Å². The zero-order valence-corrected chi connectivity index (χ0v) is 15.8. The molecule has 0 spiro atoms. The maximum atomic E-state index is 12.6. The second-order valence-corrected chi connectivity index (χ2v) is 6.93. The third-order valence-electron chi connectivity index (χ3n) is 4.08. The summed E-state index contributed by atoms with van der Waals surface area (Å²) < 4.78 is 9.79. The molecule has 3 amide bonds. The molecule has 156 valence electrons. The van der Waals surface area contributed by atoms with E-state index in [1.54, 1.807) is 6.07 Å². The molecule has 2 aliphatic rings. The van der Waals surface area contributed by atoms with Crippen molar-refractivity contribution in [3.63, 3.8) is 0 Å². The number of carboxylic acid groups (broad SMARTS) is 1. The Morgan fingerprint density at radius 2 is 2.20 bits per heavy atom. The number of carbonyl (C=O) groups excluding carboxylic acids is 3. The summed E-state index contributed by atoms with van der Waals surface area (Å²) in [5, 5.41) is 15.0. The van der Waals surface area contributed by atoms with Crippen LogP contribution in [0, 0.1) is 0 Å². The van der Waals surface area contributed by atoms with Crippen molar-refractivity contribution in [1.29, 1.82) is 0 Å². The molecule has 1 saturated heterocycles. The number of fused-ring (bicyclic) bond motifs is 1. The molecule has 14 heteroatoms. The van der Waals surface area contributed by atoms with E-state index in [9.17, 15) is 24.3 Å². The fourth-order valence-electron chi connectivity index (χ4n) is 2.87. The number of hydrogen-bond donors (Lipinski definition) is 3. The van der Waals surface area contributed by atoms with Crippen LogP contribution in [0.1, 0.15) is 5.76 Å². The number of primary amides is 1. The van der Waals surface area contributed by atoms with Crippen LogP contribution < -0.4 is 11.1 Å². The molecule has 0 aromatic carbocycles. The summed E-state index contributed by atoms with van der Waals surface area (Å²) in [4.78, 5) is 53.3. The van der Waals surface area contributed by atoms with Gasteiger partial charge in [-0.1, -0.05) is 5.16 Å². The van der Waals surface area contributed by atoms with Crippen molar-refractivity contribution >= 4 is 60.2 Å². The summed E-state index contributed by atoms with van der Waals surface area (Å²) in [5.74, 6) is -2.38. The van der Waals surface area contributed by atoms with Crippen molar-refractivity contribution in [3.05, 3.63) is 35.4 Å². The van der Waals surface area contributed by atoms with Gasteiger partial charge in [0.2, 0.25) is 5.71 Å². The van der Waals surface area contributed by atoms with E-state index in [-0.39, 0.29) is 54.0 Å². The molecule has 12 nitrogen and oxygen atoms in total. The standard InChI is InChI=1S/C16H16N4O8S.Li.H/c1-26-19-9(8-3-2-4-27-8)12(21)18-10-13(22)20-11(15(23)24)7(5-28-16(17)25)6-29-14(10)20;;/h2-4,10,14H,5-6H2,1H3,(H2,17,25)(H,18,21)(H,23,24);;/b19-9+;;/t10-,14-;;/m1../s1. The van der Waals surface area contributed by atoms with Crippen LogP contribution in [-0.2, 0) is 24.0 Å². The number of hydrogen-bond acceptors (Lipinski definition) is 9. The van der Waals surface area contributed by atoms with E-state index in [1.165, 1.54) is 31.2 Å². The van der Waals surface area contributed by atoms with E-state index in [4.69, 9.17) is 10.2 Å². The number of carbonyl (C=O) groups is 4. The molecule has 3 heterocycles. The summed E-state index contributed by atoms with van der Waals surface area (Å²) >= 11 is 1.21. The molecule has 1 fully saturated rings. The molecule has 0 aliphatic carbocycles. The van der Waals surface area contributed by atoms with E-state index < -0.39 is 35.3 Å². The number of furan rings is 1. The van der Waals surface area contributed by atoms with Gasteiger partial charge in [0.25, 0.3) is 11.8 Å². The van der Waals surface area contributed by atoms with Crippen LogP contribution in [0.25, 0.3) is 0 Å². The molecule has 0 unspecified atom stereocenters. The fraction of sp³-hybridized carbons (Fsp3) is 0.312. The minimum atomic E-state index is -1.35. The first kappa shape index (κ1) is 23.4. The van der Waals surface area contributed by atoms with Gasteiger partial charge in [0.15, 0.2) is 5.76 Å². The third kappa shape index (κ3) is 4.48. The summed E-state index contributed by atoms with van der Waals surface area (Å²) in [7, 11) is 1.25. The Morgan fingerprint density at radius 1 is 1.47 bits per heavy atom. The Kier molecular flexibility index (Phi) is 7.60. The van der Waals surface area contributed by atoms with Crippen molar-refractivity contribution in [1.82, 2.24) is 10.2 Å². The molecular formula is C16H17LiN4O8S. The van der Waals surface area contributed by atoms with Crippen LogP contribution in [0.15, 0.2) is 39.2 Å². The molecule has 1 aromatic heterocycles. The van der Waals surface area contributed by atoms with Crippen molar-refractivity contribution in [2.75, 3.05) is 19.5 Å². The normalized spacial score (nSPS) is 20.5. The molecule has 2 atom stereocenters. The Bertz CT molecular complexity index is 916. The number of ether oxygens (including phenoxy) is 1. The van der Waals surface area contributed by atoms with E-state index in [2.05, 4.69) is 20.0 Å². The van der Waals surface area contributed by atoms with Crippen molar-refractivity contribution in [2.24, 2.45) is 10.9 Å². The summed E-state index contributed by atoms with van der Waals surface area (Å²) in [6, 6.07) is 2.08. The number of nitrogens with zero attached hydrogens (tertiary/aromatic N) is 2. The molecule has 1 aromatic rings. The second kappa shape index (κ2) is 9.75. The quantitative estimate of drug-likeness (QED) is 0.207. The van der Waals surface area contributed by atoms with Gasteiger partial charge in [0.05, 0.1) is 6.26 Å². The number of aliphatic carboxylic acids is 1. The van der Waals surface area contributed by atoms with Gasteiger partial charge in [-0.25, -0.2) is 9.59 Å². The van der Waals surface area contributed by atoms with Crippen molar-refractivity contribution < 1.29 is 38.3 Å². The van der Waals surface area contributed by atoms with E-state index in [0.29, 0.717) is 0 Å². The van der Waals surface area contributed by atoms with Gasteiger partial charge in [-0.15, -0.1) is 11.8 Å². The molecular weight excluding hydrogens is 415 g/mol. The Morgan fingerprint density at radius 3 is 2.77 bits per heavy atom. The molecule has 0 radical (unpaired) electrons. The fourth-order valence-corrected chi connectivity index (χ4v) is 4.19. The van der Waals surface area contributed by atoms with Gasteiger partial charge in [-0.3, -0.25) is 14.5 Å². The van der Waals surface area contributed by atoms with Gasteiger partial charge in [0.1, 0.15) is 30.8 Å². The maximum absolute atomic E-state index is 12.6. The van der Waals surface area contributed by atoms with Crippen LogP contribution in [0.2, 0.25) is 0 Å². The molecule has 0 bridgehead atoms. The number of rotatable bonds is 7. The molecule has 2 aliphatic heterocycles. The minimum absolute atomic E-state index is 0. The molecule has 30 heavy (non-hydrogen) atoms. The SMILES string of the molecule is CO/N=C(/C(=O)N[C@@H]1C(=O)N2C(C(=O)O)=C(COC(N)=O)CS[C@H]12)c1ccco1.[LiH]. The van der Waals surface area contributed by atoms with Gasteiger partial charge in [0, 0.05) is 11.3 Å². The number of thioether (sulfide) groups is 1. The topological polar surface area (TPSA) is 174 Å². The average molecular weight is 432 g/mol. The molecule has 3 rings (SSSR count). The number of nitrogens with one attached hydrogen (secondary N) is 1. The van der Waals surface area contributed by atoms with Crippen molar-refractivity contribution in [2.45, 2.75) is 11.4 Å². The van der Waals surface area contributed by atoms with Crippen LogP contribution >= 0.6 is 11.8 Å².